The molecule has 0 radical (unpaired) electrons. The van der Waals surface area contributed by atoms with Crippen LogP contribution in [0.25, 0.3) is 0 Å². The highest BCUT2D eigenvalue weighted by molar-refractivity contribution is 5.57. The topological polar surface area (TPSA) is 21.3 Å². The molecule has 1 fully saturated rings. The van der Waals surface area contributed by atoms with Crippen molar-refractivity contribution in [3.8, 4) is 5.75 Å². The summed E-state index contributed by atoms with van der Waals surface area (Å²) >= 11 is 0. The highest BCUT2D eigenvalue weighted by Crippen LogP contribution is 2.41. The Labute approximate surface area is 118 Å². The van der Waals surface area contributed by atoms with Crippen molar-refractivity contribution in [2.24, 2.45) is 0 Å². The average molecular weight is 271 g/mol. The maximum absolute atomic E-state index is 13.2. The molecule has 3 rings (SSSR count). The molecule has 2 aromatic carbocycles. The molecular weight excluding hydrogens is 253 g/mol. The quantitative estimate of drug-likeness (QED) is 0.874. The Morgan fingerprint density at radius 3 is 2.75 bits per heavy atom. The Morgan fingerprint density at radius 2 is 2.00 bits per heavy atom. The molecule has 3 heteroatoms. The fraction of sp³-hybridized carbons (Fsp3) is 0.294. The van der Waals surface area contributed by atoms with Crippen molar-refractivity contribution in [2.75, 3.05) is 12.4 Å². The number of hydrogen-bond acceptors (Lipinski definition) is 2. The van der Waals surface area contributed by atoms with Gasteiger partial charge in [0.2, 0.25) is 0 Å². The standard InChI is InChI=1S/C17H18FNO/c1-20-17-10-14(18)8-9-16(17)19-11-13-4-2-3-5-15(13)12-6-7-12/h2-5,8-10,12,19H,6-7,11H2,1H3. The first kappa shape index (κ1) is 13.0. The minimum absolute atomic E-state index is 0.286. The summed E-state index contributed by atoms with van der Waals surface area (Å²) in [6.45, 7) is 0.731. The molecule has 0 unspecified atom stereocenters. The van der Waals surface area contributed by atoms with Crippen LogP contribution in [0.2, 0.25) is 0 Å². The van der Waals surface area contributed by atoms with Gasteiger partial charge in [-0.15, -0.1) is 0 Å². The summed E-state index contributed by atoms with van der Waals surface area (Å²) < 4.78 is 18.4. The van der Waals surface area contributed by atoms with Gasteiger partial charge in [-0.2, -0.15) is 0 Å². The van der Waals surface area contributed by atoms with Crippen molar-refractivity contribution < 1.29 is 9.13 Å². The van der Waals surface area contributed by atoms with Gasteiger partial charge in [0, 0.05) is 12.6 Å². The van der Waals surface area contributed by atoms with Gasteiger partial charge in [0.1, 0.15) is 11.6 Å². The monoisotopic (exact) mass is 271 g/mol. The van der Waals surface area contributed by atoms with E-state index in [0.717, 1.165) is 18.2 Å². The van der Waals surface area contributed by atoms with Gasteiger partial charge in [-0.3, -0.25) is 0 Å². The lowest BCUT2D eigenvalue weighted by Crippen LogP contribution is -2.04. The van der Waals surface area contributed by atoms with Crippen LogP contribution < -0.4 is 10.1 Å². The van der Waals surface area contributed by atoms with E-state index in [1.54, 1.807) is 13.2 Å². The Hall–Kier alpha value is -2.03. The molecule has 2 aromatic rings. The summed E-state index contributed by atoms with van der Waals surface area (Å²) in [5.74, 6) is 0.975. The van der Waals surface area contributed by atoms with E-state index in [1.165, 1.54) is 36.1 Å². The Morgan fingerprint density at radius 1 is 1.20 bits per heavy atom. The Bertz CT molecular complexity index is 608. The van der Waals surface area contributed by atoms with Gasteiger partial charge in [0.25, 0.3) is 0 Å². The van der Waals surface area contributed by atoms with Gasteiger partial charge in [-0.1, -0.05) is 24.3 Å². The van der Waals surface area contributed by atoms with Crippen LogP contribution in [0.4, 0.5) is 10.1 Å². The number of methoxy groups -OCH3 is 1. The second kappa shape index (κ2) is 5.53. The number of ether oxygens (including phenoxy) is 1. The van der Waals surface area contributed by atoms with Crippen LogP contribution in [0.1, 0.15) is 29.9 Å². The highest BCUT2D eigenvalue weighted by atomic mass is 19.1. The zero-order chi connectivity index (χ0) is 13.9. The van der Waals surface area contributed by atoms with Crippen molar-refractivity contribution >= 4 is 5.69 Å². The summed E-state index contributed by atoms with van der Waals surface area (Å²) in [4.78, 5) is 0. The van der Waals surface area contributed by atoms with Crippen molar-refractivity contribution in [1.82, 2.24) is 0 Å². The number of halogens is 1. The molecule has 0 aliphatic heterocycles. The van der Waals surface area contributed by atoms with Gasteiger partial charge >= 0.3 is 0 Å². The number of hydrogen-bond donors (Lipinski definition) is 1. The lowest BCUT2D eigenvalue weighted by atomic mass is 10.0. The lowest BCUT2D eigenvalue weighted by Gasteiger charge is -2.13. The molecule has 104 valence electrons. The van der Waals surface area contributed by atoms with E-state index in [4.69, 9.17) is 4.74 Å². The second-order valence-electron chi connectivity index (χ2n) is 5.17. The number of rotatable bonds is 5. The van der Waals surface area contributed by atoms with Gasteiger partial charge in [0.05, 0.1) is 12.8 Å². The Balaban J connectivity index is 1.76. The zero-order valence-corrected chi connectivity index (χ0v) is 11.5. The van der Waals surface area contributed by atoms with Crippen LogP contribution in [-0.2, 0) is 6.54 Å². The summed E-state index contributed by atoms with van der Waals surface area (Å²) in [5, 5.41) is 3.34. The largest absolute Gasteiger partial charge is 0.494 e. The predicted octanol–water partition coefficient (Wildman–Crippen LogP) is 4.32. The first-order valence-electron chi connectivity index (χ1n) is 6.93. The van der Waals surface area contributed by atoms with Crippen LogP contribution in [0.5, 0.6) is 5.75 Å². The summed E-state index contributed by atoms with van der Waals surface area (Å²) in [7, 11) is 1.55. The van der Waals surface area contributed by atoms with E-state index in [-0.39, 0.29) is 5.82 Å². The summed E-state index contributed by atoms with van der Waals surface area (Å²) in [6.07, 6.45) is 2.58. The molecule has 0 bridgehead atoms. The smallest absolute Gasteiger partial charge is 0.144 e. The predicted molar refractivity (Wildman–Crippen MR) is 78.7 cm³/mol. The van der Waals surface area contributed by atoms with E-state index < -0.39 is 0 Å². The van der Waals surface area contributed by atoms with Crippen LogP contribution in [0, 0.1) is 5.82 Å². The molecule has 1 aliphatic rings. The average Bonchev–Trinajstić information content (AvgIpc) is 3.31. The molecule has 1 N–H and O–H groups in total. The SMILES string of the molecule is COc1cc(F)ccc1NCc1ccccc1C1CC1. The molecule has 0 aromatic heterocycles. The third-order valence-electron chi connectivity index (χ3n) is 3.71. The summed E-state index contributed by atoms with van der Waals surface area (Å²) in [6, 6.07) is 13.1. The molecule has 0 heterocycles. The van der Waals surface area contributed by atoms with Crippen LogP contribution in [0.15, 0.2) is 42.5 Å². The molecule has 0 saturated heterocycles. The van der Waals surface area contributed by atoms with E-state index >= 15 is 0 Å². The third kappa shape index (κ3) is 2.77. The molecule has 0 spiro atoms. The van der Waals surface area contributed by atoms with Crippen molar-refractivity contribution in [3.05, 3.63) is 59.4 Å². The number of benzene rings is 2. The molecule has 2 nitrogen and oxygen atoms in total. The van der Waals surface area contributed by atoms with Gasteiger partial charge in [0.15, 0.2) is 0 Å². The van der Waals surface area contributed by atoms with Crippen LogP contribution >= 0.6 is 0 Å². The maximum Gasteiger partial charge on any atom is 0.144 e. The molecule has 0 amide bonds. The second-order valence-corrected chi connectivity index (χ2v) is 5.17. The van der Waals surface area contributed by atoms with Crippen molar-refractivity contribution in [3.63, 3.8) is 0 Å². The van der Waals surface area contributed by atoms with Crippen LogP contribution in [-0.4, -0.2) is 7.11 Å². The van der Waals surface area contributed by atoms with Crippen LogP contribution in [0.3, 0.4) is 0 Å². The lowest BCUT2D eigenvalue weighted by molar-refractivity contribution is 0.413. The Kier molecular flexibility index (Phi) is 3.59. The molecule has 1 saturated carbocycles. The highest BCUT2D eigenvalue weighted by Gasteiger charge is 2.25. The minimum atomic E-state index is -0.286. The van der Waals surface area contributed by atoms with E-state index in [9.17, 15) is 4.39 Å². The number of anilines is 1. The van der Waals surface area contributed by atoms with E-state index in [2.05, 4.69) is 29.6 Å². The van der Waals surface area contributed by atoms with Crippen molar-refractivity contribution in [1.29, 1.82) is 0 Å². The maximum atomic E-state index is 13.2. The van der Waals surface area contributed by atoms with E-state index in [1.807, 2.05) is 0 Å². The van der Waals surface area contributed by atoms with Crippen molar-refractivity contribution in [2.45, 2.75) is 25.3 Å². The first-order chi connectivity index (χ1) is 9.78. The fourth-order valence-electron chi connectivity index (χ4n) is 2.49. The van der Waals surface area contributed by atoms with E-state index in [0.29, 0.717) is 5.75 Å². The third-order valence-corrected chi connectivity index (χ3v) is 3.71. The molecule has 20 heavy (non-hydrogen) atoms. The number of nitrogens with one attached hydrogen (secondary N) is 1. The normalized spacial score (nSPS) is 14.1. The zero-order valence-electron chi connectivity index (χ0n) is 11.5. The minimum Gasteiger partial charge on any atom is -0.494 e. The fourth-order valence-corrected chi connectivity index (χ4v) is 2.49. The van der Waals surface area contributed by atoms with Gasteiger partial charge in [-0.25, -0.2) is 4.39 Å². The molecule has 1 aliphatic carbocycles. The summed E-state index contributed by atoms with van der Waals surface area (Å²) in [5.41, 5.74) is 3.56. The molecular formula is C17H18FNO. The van der Waals surface area contributed by atoms with Gasteiger partial charge in [-0.05, 0) is 42.0 Å². The first-order valence-corrected chi connectivity index (χ1v) is 6.93. The molecule has 0 atom stereocenters. The van der Waals surface area contributed by atoms with Gasteiger partial charge < -0.3 is 10.1 Å².